The molecule has 1 aliphatic heterocycles. The normalized spacial score (nSPS) is 17.0. The molecule has 1 saturated heterocycles. The van der Waals surface area contributed by atoms with E-state index in [1.165, 1.54) is 16.2 Å². The number of rotatable bonds is 7. The molecule has 0 bridgehead atoms. The van der Waals surface area contributed by atoms with Crippen LogP contribution in [0.5, 0.6) is 0 Å². The highest BCUT2D eigenvalue weighted by Crippen LogP contribution is 2.21. The predicted octanol–water partition coefficient (Wildman–Crippen LogP) is 1.06. The van der Waals surface area contributed by atoms with Crippen molar-refractivity contribution in [2.24, 2.45) is 0 Å². The number of ether oxygens (including phenoxy) is 1. The molecule has 6 nitrogen and oxygen atoms in total. The Kier molecular flexibility index (Phi) is 6.54. The highest BCUT2D eigenvalue weighted by atomic mass is 32.2. The smallest absolute Gasteiger partial charge is 0.250 e. The fraction of sp³-hybridized carbons (Fsp3) is 0.474. The summed E-state index contributed by atoms with van der Waals surface area (Å²) < 4.78 is 34.0. The largest absolute Gasteiger partial charge is 0.378 e. The number of thiophene rings is 1. The Morgan fingerprint density at radius 1 is 1.15 bits per heavy atom. The predicted molar refractivity (Wildman–Crippen MR) is 109 cm³/mol. The molecule has 8 heteroatoms. The van der Waals surface area contributed by atoms with E-state index in [1.54, 1.807) is 6.07 Å². The molecular weight excluding hydrogens is 382 g/mol. The molecule has 27 heavy (non-hydrogen) atoms. The SMILES string of the molecule is Cc1ccc(S(=O)(=O)NC[C@H](c2ccc(N(C)C)cc2)[NH+]2CCOCC2)s1. The van der Waals surface area contributed by atoms with Crippen molar-refractivity contribution in [3.63, 3.8) is 0 Å². The van der Waals surface area contributed by atoms with Gasteiger partial charge in [-0.3, -0.25) is 0 Å². The number of nitrogens with one attached hydrogen (secondary N) is 2. The molecule has 1 aromatic carbocycles. The van der Waals surface area contributed by atoms with Crippen molar-refractivity contribution < 1.29 is 18.1 Å². The first-order valence-electron chi connectivity index (χ1n) is 9.12. The van der Waals surface area contributed by atoms with E-state index < -0.39 is 10.0 Å². The number of hydrogen-bond donors (Lipinski definition) is 2. The lowest BCUT2D eigenvalue weighted by atomic mass is 10.0. The monoisotopic (exact) mass is 410 g/mol. The Hall–Kier alpha value is -1.45. The zero-order chi connectivity index (χ0) is 19.4. The number of nitrogens with zero attached hydrogens (tertiary/aromatic N) is 1. The van der Waals surface area contributed by atoms with Gasteiger partial charge in [0.1, 0.15) is 23.3 Å². The Morgan fingerprint density at radius 2 is 1.81 bits per heavy atom. The number of benzene rings is 1. The van der Waals surface area contributed by atoms with Crippen molar-refractivity contribution in [1.82, 2.24) is 4.72 Å². The highest BCUT2D eigenvalue weighted by molar-refractivity contribution is 7.91. The molecule has 2 aromatic rings. The molecule has 148 valence electrons. The average Bonchev–Trinajstić information content (AvgIpc) is 3.10. The van der Waals surface area contributed by atoms with Crippen LogP contribution in [-0.4, -0.2) is 55.4 Å². The summed E-state index contributed by atoms with van der Waals surface area (Å²) in [5, 5.41) is 0. The third-order valence-electron chi connectivity index (χ3n) is 4.90. The molecule has 1 atom stereocenters. The third kappa shape index (κ3) is 5.08. The molecule has 1 fully saturated rings. The molecule has 1 aliphatic rings. The van der Waals surface area contributed by atoms with Crippen molar-refractivity contribution in [2.75, 3.05) is 51.8 Å². The minimum atomic E-state index is -3.49. The van der Waals surface area contributed by atoms with Gasteiger partial charge < -0.3 is 14.5 Å². The van der Waals surface area contributed by atoms with Crippen molar-refractivity contribution in [3.8, 4) is 0 Å². The molecule has 0 amide bonds. The van der Waals surface area contributed by atoms with E-state index in [4.69, 9.17) is 4.74 Å². The maximum absolute atomic E-state index is 12.7. The number of sulfonamides is 1. The fourth-order valence-corrected chi connectivity index (χ4v) is 5.68. The number of morpholine rings is 1. The summed E-state index contributed by atoms with van der Waals surface area (Å²) in [5.74, 6) is 0. The first-order chi connectivity index (χ1) is 12.9. The van der Waals surface area contributed by atoms with Gasteiger partial charge in [-0.2, -0.15) is 0 Å². The van der Waals surface area contributed by atoms with E-state index in [9.17, 15) is 8.42 Å². The van der Waals surface area contributed by atoms with E-state index in [-0.39, 0.29) is 6.04 Å². The van der Waals surface area contributed by atoms with Gasteiger partial charge in [-0.1, -0.05) is 12.1 Å². The maximum Gasteiger partial charge on any atom is 0.250 e. The fourth-order valence-electron chi connectivity index (χ4n) is 3.31. The van der Waals surface area contributed by atoms with Crippen LogP contribution in [0.4, 0.5) is 5.69 Å². The number of quaternary nitrogens is 1. The van der Waals surface area contributed by atoms with Gasteiger partial charge in [-0.05, 0) is 31.2 Å². The molecule has 0 aliphatic carbocycles. The van der Waals surface area contributed by atoms with Gasteiger partial charge in [-0.15, -0.1) is 11.3 Å². The molecular formula is C19H28N3O3S2+. The minimum absolute atomic E-state index is 0.0564. The van der Waals surface area contributed by atoms with Crippen LogP contribution in [0.2, 0.25) is 0 Å². The first kappa shape index (κ1) is 20.3. The van der Waals surface area contributed by atoms with Crippen molar-refractivity contribution >= 4 is 27.0 Å². The molecule has 0 unspecified atom stereocenters. The lowest BCUT2D eigenvalue weighted by molar-refractivity contribution is -0.937. The average molecular weight is 411 g/mol. The van der Waals surface area contributed by atoms with Crippen LogP contribution in [0.1, 0.15) is 16.5 Å². The van der Waals surface area contributed by atoms with Crippen LogP contribution in [0, 0.1) is 6.92 Å². The Morgan fingerprint density at radius 3 is 2.37 bits per heavy atom. The summed E-state index contributed by atoms with van der Waals surface area (Å²) in [6.07, 6.45) is 0. The summed E-state index contributed by atoms with van der Waals surface area (Å²) in [6, 6.07) is 11.9. The second-order valence-corrected chi connectivity index (χ2v) is 10.3. The standard InChI is InChI=1S/C19H27N3O3S2/c1-15-4-9-19(26-15)27(23,24)20-14-18(22-10-12-25-13-11-22)16-5-7-17(8-6-16)21(2)3/h4-9,18,20H,10-14H2,1-3H3/p+1/t18-/m1/s1. The summed E-state index contributed by atoms with van der Waals surface area (Å²) in [5.41, 5.74) is 2.27. The van der Waals surface area contributed by atoms with Crippen LogP contribution < -0.4 is 14.5 Å². The zero-order valence-electron chi connectivity index (χ0n) is 16.1. The molecule has 2 heterocycles. The van der Waals surface area contributed by atoms with E-state index in [0.717, 1.165) is 29.2 Å². The summed E-state index contributed by atoms with van der Waals surface area (Å²) >= 11 is 1.30. The third-order valence-corrected chi connectivity index (χ3v) is 7.81. The molecule has 0 radical (unpaired) electrons. The minimum Gasteiger partial charge on any atom is -0.378 e. The van der Waals surface area contributed by atoms with Crippen LogP contribution >= 0.6 is 11.3 Å². The summed E-state index contributed by atoms with van der Waals surface area (Å²) in [4.78, 5) is 4.40. The van der Waals surface area contributed by atoms with Gasteiger partial charge in [0.05, 0.1) is 19.8 Å². The quantitative estimate of drug-likeness (QED) is 0.717. The summed E-state index contributed by atoms with van der Waals surface area (Å²) in [7, 11) is 0.534. The number of hydrogen-bond acceptors (Lipinski definition) is 5. The second kappa shape index (κ2) is 8.70. The molecule has 2 N–H and O–H groups in total. The Labute approximate surface area is 165 Å². The number of anilines is 1. The van der Waals surface area contributed by atoms with E-state index in [0.29, 0.717) is 24.0 Å². The van der Waals surface area contributed by atoms with E-state index in [2.05, 4.69) is 33.9 Å². The lowest BCUT2D eigenvalue weighted by Crippen LogP contribution is -3.15. The van der Waals surface area contributed by atoms with Gasteiger partial charge in [-0.25, -0.2) is 13.1 Å². The van der Waals surface area contributed by atoms with Crippen LogP contribution in [0.25, 0.3) is 0 Å². The van der Waals surface area contributed by atoms with Crippen LogP contribution in [-0.2, 0) is 14.8 Å². The van der Waals surface area contributed by atoms with E-state index in [1.807, 2.05) is 27.1 Å². The Bertz CT molecular complexity index is 841. The van der Waals surface area contributed by atoms with Gasteiger partial charge in [0.25, 0.3) is 0 Å². The topological polar surface area (TPSA) is 63.1 Å². The molecule has 1 aromatic heterocycles. The maximum atomic E-state index is 12.7. The number of aryl methyl sites for hydroxylation is 1. The molecule has 0 saturated carbocycles. The van der Waals surface area contributed by atoms with Gasteiger partial charge in [0.2, 0.25) is 10.0 Å². The molecule has 3 rings (SSSR count). The second-order valence-electron chi connectivity index (χ2n) is 7.03. The Balaban J connectivity index is 1.79. The zero-order valence-corrected chi connectivity index (χ0v) is 17.7. The van der Waals surface area contributed by atoms with Crippen molar-refractivity contribution in [2.45, 2.75) is 17.2 Å². The highest BCUT2D eigenvalue weighted by Gasteiger charge is 2.28. The van der Waals surface area contributed by atoms with Crippen LogP contribution in [0.15, 0.2) is 40.6 Å². The van der Waals surface area contributed by atoms with Gasteiger partial charge >= 0.3 is 0 Å². The van der Waals surface area contributed by atoms with Crippen molar-refractivity contribution in [1.29, 1.82) is 0 Å². The van der Waals surface area contributed by atoms with Gasteiger partial charge in [0, 0.05) is 30.2 Å². The van der Waals surface area contributed by atoms with E-state index >= 15 is 0 Å². The van der Waals surface area contributed by atoms with Crippen LogP contribution in [0.3, 0.4) is 0 Å². The van der Waals surface area contributed by atoms with Crippen molar-refractivity contribution in [3.05, 3.63) is 46.8 Å². The first-order valence-corrected chi connectivity index (χ1v) is 11.4. The molecule has 0 spiro atoms. The summed E-state index contributed by atoms with van der Waals surface area (Å²) in [6.45, 7) is 5.45. The van der Waals surface area contributed by atoms with Gasteiger partial charge in [0.15, 0.2) is 0 Å². The lowest BCUT2D eigenvalue weighted by Gasteiger charge is -2.32.